The summed E-state index contributed by atoms with van der Waals surface area (Å²) in [6.07, 6.45) is 0. The molecule has 4 heteroatoms. The van der Waals surface area contributed by atoms with Crippen LogP contribution in [0.3, 0.4) is 0 Å². The first kappa shape index (κ1) is 5.22. The first-order chi connectivity index (χ1) is 4.92. The van der Waals surface area contributed by atoms with Gasteiger partial charge in [0.2, 0.25) is 0 Å². The second-order valence-corrected chi connectivity index (χ2v) is 1.97. The smallest absolute Gasteiger partial charge is 0.192 e. The highest BCUT2D eigenvalue weighted by molar-refractivity contribution is 5.70. The van der Waals surface area contributed by atoms with Crippen molar-refractivity contribution >= 4 is 5.82 Å². The Kier molecular flexibility index (Phi) is 0.887. The summed E-state index contributed by atoms with van der Waals surface area (Å²) >= 11 is 0. The number of fused-ring (bicyclic) bond motifs is 1. The van der Waals surface area contributed by atoms with Crippen LogP contribution in [0.4, 0.5) is 5.82 Å². The molecule has 10 heavy (non-hydrogen) atoms. The molecule has 0 atom stereocenters. The van der Waals surface area contributed by atoms with Crippen LogP contribution >= 0.6 is 0 Å². The molecule has 0 saturated heterocycles. The SMILES string of the molecule is N=Nc1[nH]oc2cccc1-2. The van der Waals surface area contributed by atoms with Gasteiger partial charge < -0.3 is 4.52 Å². The summed E-state index contributed by atoms with van der Waals surface area (Å²) in [5.74, 6) is 1.21. The number of nitrogens with zero attached hydrogens (tertiary/aromatic N) is 1. The highest BCUT2D eigenvalue weighted by Gasteiger charge is 2.11. The van der Waals surface area contributed by atoms with Gasteiger partial charge in [0.25, 0.3) is 0 Å². The molecule has 0 spiro atoms. The minimum Gasteiger partial charge on any atom is -0.380 e. The third-order valence-corrected chi connectivity index (χ3v) is 1.40. The van der Waals surface area contributed by atoms with E-state index in [0.29, 0.717) is 5.82 Å². The van der Waals surface area contributed by atoms with E-state index >= 15 is 0 Å². The third kappa shape index (κ3) is 0.500. The number of hydrogen-bond donors (Lipinski definition) is 2. The van der Waals surface area contributed by atoms with Gasteiger partial charge in [-0.3, -0.25) is 0 Å². The summed E-state index contributed by atoms with van der Waals surface area (Å²) < 4.78 is 4.94. The molecule has 2 N–H and O–H groups in total. The van der Waals surface area contributed by atoms with Crippen LogP contribution in [0.2, 0.25) is 0 Å². The summed E-state index contributed by atoms with van der Waals surface area (Å²) in [4.78, 5) is 0. The summed E-state index contributed by atoms with van der Waals surface area (Å²) in [7, 11) is 0. The Hall–Kier alpha value is -1.58. The molecule has 4 nitrogen and oxygen atoms in total. The second kappa shape index (κ2) is 1.70. The molecular formula is C6H5N3O. The van der Waals surface area contributed by atoms with Gasteiger partial charge in [-0.15, -0.1) is 5.11 Å². The standard InChI is InChI=1S/C6H5N3O/c7-8-6-4-2-1-3-5(4)10-9-6/h1-3,7,9H. The van der Waals surface area contributed by atoms with Gasteiger partial charge >= 0.3 is 0 Å². The van der Waals surface area contributed by atoms with Crippen LogP contribution < -0.4 is 0 Å². The van der Waals surface area contributed by atoms with Crippen molar-refractivity contribution in [1.82, 2.24) is 5.16 Å². The topological polar surface area (TPSA) is 65.1 Å². The minimum absolute atomic E-state index is 0.472. The zero-order valence-electron chi connectivity index (χ0n) is 5.09. The van der Waals surface area contributed by atoms with Crippen molar-refractivity contribution in [3.05, 3.63) is 18.2 Å². The predicted octanol–water partition coefficient (Wildman–Crippen LogP) is 2.37. The Morgan fingerprint density at radius 2 is 2.40 bits per heavy atom. The quantitative estimate of drug-likeness (QED) is 0.579. The summed E-state index contributed by atoms with van der Waals surface area (Å²) in [5.41, 5.74) is 7.57. The Labute approximate surface area is 56.7 Å². The lowest BCUT2D eigenvalue weighted by molar-refractivity contribution is 0.436. The zero-order valence-corrected chi connectivity index (χ0v) is 5.09. The molecule has 0 aromatic rings. The van der Waals surface area contributed by atoms with Crippen molar-refractivity contribution < 1.29 is 4.52 Å². The molecule has 0 amide bonds. The van der Waals surface area contributed by atoms with Gasteiger partial charge in [0.05, 0.1) is 5.56 Å². The molecule has 1 heterocycles. The van der Waals surface area contributed by atoms with Gasteiger partial charge in [-0.1, -0.05) is 6.07 Å². The van der Waals surface area contributed by atoms with Crippen LogP contribution in [-0.4, -0.2) is 5.16 Å². The van der Waals surface area contributed by atoms with Crippen LogP contribution in [0.1, 0.15) is 0 Å². The maximum atomic E-state index is 6.71. The molecule has 1 aliphatic carbocycles. The van der Waals surface area contributed by atoms with Gasteiger partial charge in [0.1, 0.15) is 0 Å². The van der Waals surface area contributed by atoms with E-state index in [1.807, 2.05) is 18.2 Å². The van der Waals surface area contributed by atoms with Crippen LogP contribution in [0.15, 0.2) is 27.8 Å². The Bertz CT molecular complexity index is 322. The summed E-state index contributed by atoms with van der Waals surface area (Å²) in [6, 6.07) is 5.53. The first-order valence-corrected chi connectivity index (χ1v) is 2.85. The average Bonchev–Trinajstić information content (AvgIpc) is 2.44. The molecule has 2 rings (SSSR count). The molecule has 2 aliphatic rings. The summed E-state index contributed by atoms with van der Waals surface area (Å²) in [5, 5.41) is 5.75. The van der Waals surface area contributed by atoms with E-state index in [0.717, 1.165) is 11.3 Å². The molecule has 0 radical (unpaired) electrons. The normalized spacial score (nSPS) is 10.4. The van der Waals surface area contributed by atoms with Crippen molar-refractivity contribution in [3.63, 3.8) is 0 Å². The third-order valence-electron chi connectivity index (χ3n) is 1.40. The molecule has 0 aromatic carbocycles. The number of rotatable bonds is 1. The number of H-pyrrole nitrogens is 1. The molecule has 0 unspecified atom stereocenters. The van der Waals surface area contributed by atoms with Crippen molar-refractivity contribution in [2.45, 2.75) is 0 Å². The number of nitrogens with one attached hydrogen (secondary N) is 2. The van der Waals surface area contributed by atoms with Crippen molar-refractivity contribution in [3.8, 4) is 11.3 Å². The van der Waals surface area contributed by atoms with E-state index in [4.69, 9.17) is 10.1 Å². The lowest BCUT2D eigenvalue weighted by atomic mass is 10.3. The monoisotopic (exact) mass is 135 g/mol. The maximum absolute atomic E-state index is 6.71. The maximum Gasteiger partial charge on any atom is 0.192 e. The Morgan fingerprint density at radius 1 is 1.50 bits per heavy atom. The molecule has 0 bridgehead atoms. The largest absolute Gasteiger partial charge is 0.380 e. The number of hydrogen-bond acceptors (Lipinski definition) is 3. The minimum atomic E-state index is 0.472. The van der Waals surface area contributed by atoms with Gasteiger partial charge in [-0.05, 0) is 12.1 Å². The lowest BCUT2D eigenvalue weighted by Crippen LogP contribution is -1.59. The second-order valence-electron chi connectivity index (χ2n) is 1.97. The molecule has 0 aromatic heterocycles. The van der Waals surface area contributed by atoms with Gasteiger partial charge in [0.15, 0.2) is 11.6 Å². The lowest BCUT2D eigenvalue weighted by Gasteiger charge is -1.79. The van der Waals surface area contributed by atoms with E-state index in [2.05, 4.69) is 10.3 Å². The zero-order chi connectivity index (χ0) is 6.97. The fourth-order valence-corrected chi connectivity index (χ4v) is 0.930. The molecule has 50 valence electrons. The number of aromatic amines is 1. The number of aromatic nitrogens is 1. The average molecular weight is 135 g/mol. The van der Waals surface area contributed by atoms with Crippen LogP contribution in [0.25, 0.3) is 11.3 Å². The van der Waals surface area contributed by atoms with Gasteiger partial charge in [-0.25, -0.2) is 10.7 Å². The van der Waals surface area contributed by atoms with Gasteiger partial charge in [-0.2, -0.15) is 0 Å². The van der Waals surface area contributed by atoms with Crippen molar-refractivity contribution in [2.24, 2.45) is 5.11 Å². The van der Waals surface area contributed by atoms with Crippen molar-refractivity contribution in [1.29, 1.82) is 5.53 Å². The fourth-order valence-electron chi connectivity index (χ4n) is 0.930. The Morgan fingerprint density at radius 3 is 3.20 bits per heavy atom. The van der Waals surface area contributed by atoms with E-state index in [1.165, 1.54) is 0 Å². The van der Waals surface area contributed by atoms with Gasteiger partial charge in [0, 0.05) is 0 Å². The van der Waals surface area contributed by atoms with Crippen LogP contribution in [0, 0.1) is 5.53 Å². The molecule has 1 aliphatic heterocycles. The molecular weight excluding hydrogens is 130 g/mol. The van der Waals surface area contributed by atoms with E-state index in [1.54, 1.807) is 0 Å². The van der Waals surface area contributed by atoms with E-state index < -0.39 is 0 Å². The molecule has 0 saturated carbocycles. The Balaban J connectivity index is 2.71. The molecule has 0 fully saturated rings. The van der Waals surface area contributed by atoms with Crippen LogP contribution in [0.5, 0.6) is 0 Å². The highest BCUT2D eigenvalue weighted by atomic mass is 16.5. The van der Waals surface area contributed by atoms with E-state index in [9.17, 15) is 0 Å². The highest BCUT2D eigenvalue weighted by Crippen LogP contribution is 2.31. The predicted molar refractivity (Wildman–Crippen MR) is 34.5 cm³/mol. The summed E-state index contributed by atoms with van der Waals surface area (Å²) in [6.45, 7) is 0. The van der Waals surface area contributed by atoms with Crippen LogP contribution in [-0.2, 0) is 0 Å². The van der Waals surface area contributed by atoms with Crippen molar-refractivity contribution in [2.75, 3.05) is 0 Å². The first-order valence-electron chi connectivity index (χ1n) is 2.85. The van der Waals surface area contributed by atoms with E-state index in [-0.39, 0.29) is 0 Å². The fraction of sp³-hybridized carbons (Fsp3) is 0.